The van der Waals surface area contributed by atoms with Gasteiger partial charge in [-0.25, -0.2) is 22.2 Å². The van der Waals surface area contributed by atoms with E-state index in [2.05, 4.69) is 9.97 Å². The second-order valence-electron chi connectivity index (χ2n) is 8.33. The first kappa shape index (κ1) is 21.7. The minimum atomic E-state index is -3.07. The van der Waals surface area contributed by atoms with Crippen molar-refractivity contribution in [2.24, 2.45) is 0 Å². The summed E-state index contributed by atoms with van der Waals surface area (Å²) in [6.45, 7) is 3.69. The van der Waals surface area contributed by atoms with E-state index >= 15 is 0 Å². The van der Waals surface area contributed by atoms with Crippen LogP contribution in [-0.4, -0.2) is 53.0 Å². The lowest BCUT2D eigenvalue weighted by molar-refractivity contribution is 0.0738. The van der Waals surface area contributed by atoms with Crippen LogP contribution in [0, 0.1) is 11.6 Å². The molecule has 0 aliphatic carbocycles. The van der Waals surface area contributed by atoms with Gasteiger partial charge >= 0.3 is 0 Å². The van der Waals surface area contributed by atoms with Crippen LogP contribution in [0.15, 0.2) is 36.5 Å². The van der Waals surface area contributed by atoms with Gasteiger partial charge in [0, 0.05) is 30.8 Å². The lowest BCUT2D eigenvalue weighted by atomic mass is 10.00. The molecule has 1 aromatic heterocycles. The molecule has 0 spiro atoms. The maximum absolute atomic E-state index is 14.9. The Kier molecular flexibility index (Phi) is 5.53. The largest absolute Gasteiger partial charge is 0.384 e. The van der Waals surface area contributed by atoms with E-state index in [0.717, 1.165) is 0 Å². The smallest absolute Gasteiger partial charge is 0.152 e. The number of para-hydroxylation sites is 1. The van der Waals surface area contributed by atoms with Crippen LogP contribution < -0.4 is 0 Å². The summed E-state index contributed by atoms with van der Waals surface area (Å²) in [5.41, 5.74) is 0.852. The predicted octanol–water partition coefficient (Wildman–Crippen LogP) is 3.03. The topological polar surface area (TPSA) is 83.4 Å². The summed E-state index contributed by atoms with van der Waals surface area (Å²) in [6, 6.07) is 7.69. The van der Waals surface area contributed by atoms with Gasteiger partial charge in [0.05, 0.1) is 34.4 Å². The van der Waals surface area contributed by atoms with Gasteiger partial charge in [-0.2, -0.15) is 0 Å². The molecule has 0 unspecified atom stereocenters. The third-order valence-corrected chi connectivity index (χ3v) is 7.08. The van der Waals surface area contributed by atoms with Gasteiger partial charge in [0.2, 0.25) is 0 Å². The van der Waals surface area contributed by atoms with Crippen LogP contribution >= 0.6 is 0 Å². The molecule has 1 aliphatic heterocycles. The van der Waals surface area contributed by atoms with Gasteiger partial charge in [-0.1, -0.05) is 12.1 Å². The van der Waals surface area contributed by atoms with E-state index < -0.39 is 27.1 Å². The van der Waals surface area contributed by atoms with Crippen molar-refractivity contribution in [2.75, 3.05) is 24.6 Å². The van der Waals surface area contributed by atoms with E-state index in [1.807, 2.05) is 0 Å². The van der Waals surface area contributed by atoms with Gasteiger partial charge in [0.1, 0.15) is 17.2 Å². The fourth-order valence-electron chi connectivity index (χ4n) is 3.60. The molecule has 1 fully saturated rings. The monoisotopic (exact) mass is 447 g/mol. The first-order valence-electron chi connectivity index (χ1n) is 9.93. The van der Waals surface area contributed by atoms with Gasteiger partial charge in [-0.3, -0.25) is 9.88 Å². The van der Waals surface area contributed by atoms with Crippen LogP contribution in [0.1, 0.15) is 25.1 Å². The molecule has 0 atom stereocenters. The number of fused-ring (bicyclic) bond motifs is 1. The maximum atomic E-state index is 14.9. The lowest BCUT2D eigenvalue weighted by Crippen LogP contribution is -2.40. The molecule has 6 nitrogen and oxygen atoms in total. The summed E-state index contributed by atoms with van der Waals surface area (Å²) < 4.78 is 53.0. The second-order valence-corrected chi connectivity index (χ2v) is 10.6. The highest BCUT2D eigenvalue weighted by Gasteiger charge is 2.24. The third-order valence-electron chi connectivity index (χ3n) is 5.47. The van der Waals surface area contributed by atoms with Crippen LogP contribution in [0.25, 0.3) is 22.2 Å². The van der Waals surface area contributed by atoms with Crippen LogP contribution in [0.4, 0.5) is 8.78 Å². The van der Waals surface area contributed by atoms with Crippen LogP contribution in [0.3, 0.4) is 0 Å². The van der Waals surface area contributed by atoms with Crippen molar-refractivity contribution in [1.29, 1.82) is 0 Å². The molecule has 0 bridgehead atoms. The number of halogens is 2. The van der Waals surface area contributed by atoms with Crippen molar-refractivity contribution in [3.05, 3.63) is 59.4 Å². The maximum Gasteiger partial charge on any atom is 0.152 e. The average Bonchev–Trinajstić information content (AvgIpc) is 2.70. The van der Waals surface area contributed by atoms with Crippen molar-refractivity contribution >= 4 is 20.9 Å². The Bertz CT molecular complexity index is 1220. The highest BCUT2D eigenvalue weighted by Crippen LogP contribution is 2.31. The molecule has 4 rings (SSSR count). The van der Waals surface area contributed by atoms with Gasteiger partial charge in [-0.05, 0) is 37.6 Å². The van der Waals surface area contributed by atoms with E-state index in [9.17, 15) is 22.3 Å². The van der Waals surface area contributed by atoms with Crippen LogP contribution in [0.5, 0.6) is 0 Å². The molecular formula is C22H23F2N3O3S. The van der Waals surface area contributed by atoms with Gasteiger partial charge in [-0.15, -0.1) is 0 Å². The number of benzene rings is 2. The van der Waals surface area contributed by atoms with Gasteiger partial charge in [0.25, 0.3) is 0 Å². The molecule has 164 valence electrons. The summed E-state index contributed by atoms with van der Waals surface area (Å²) in [6.07, 6.45) is 1.48. The highest BCUT2D eigenvalue weighted by atomic mass is 32.2. The number of hydrogen-bond donors (Lipinski definition) is 1. The van der Waals surface area contributed by atoms with Gasteiger partial charge < -0.3 is 5.11 Å². The highest BCUT2D eigenvalue weighted by molar-refractivity contribution is 7.91. The van der Waals surface area contributed by atoms with E-state index in [-0.39, 0.29) is 36.7 Å². The molecule has 0 saturated carbocycles. The van der Waals surface area contributed by atoms with Crippen molar-refractivity contribution in [1.82, 2.24) is 14.9 Å². The van der Waals surface area contributed by atoms with Crippen molar-refractivity contribution in [2.45, 2.75) is 26.0 Å². The number of aromatic nitrogens is 2. The molecule has 0 radical (unpaired) electrons. The zero-order valence-corrected chi connectivity index (χ0v) is 18.1. The molecule has 1 saturated heterocycles. The first-order valence-corrected chi connectivity index (χ1v) is 11.8. The molecule has 0 amide bonds. The van der Waals surface area contributed by atoms with E-state index in [1.54, 1.807) is 36.9 Å². The molecule has 1 N–H and O–H groups in total. The summed E-state index contributed by atoms with van der Waals surface area (Å²) in [4.78, 5) is 10.5. The molecule has 9 heteroatoms. The fourth-order valence-corrected chi connectivity index (χ4v) is 4.88. The Morgan fingerprint density at radius 2 is 1.77 bits per heavy atom. The first-order chi connectivity index (χ1) is 14.5. The Labute approximate surface area is 179 Å². The second kappa shape index (κ2) is 7.89. The minimum absolute atomic E-state index is 0.00561. The third kappa shape index (κ3) is 4.58. The number of sulfone groups is 1. The number of hydrogen-bond acceptors (Lipinski definition) is 6. The number of aliphatic hydroxyl groups is 1. The predicted molar refractivity (Wildman–Crippen MR) is 114 cm³/mol. The summed E-state index contributed by atoms with van der Waals surface area (Å²) >= 11 is 0. The average molecular weight is 448 g/mol. The van der Waals surface area contributed by atoms with E-state index in [1.165, 1.54) is 18.3 Å². The van der Waals surface area contributed by atoms with Crippen LogP contribution in [-0.2, 0) is 22.0 Å². The molecular weight excluding hydrogens is 424 g/mol. The Balaban J connectivity index is 1.70. The summed E-state index contributed by atoms with van der Waals surface area (Å²) in [7, 11) is -3.07. The Morgan fingerprint density at radius 3 is 2.39 bits per heavy atom. The molecule has 31 heavy (non-hydrogen) atoms. The SMILES string of the molecule is CC(C)(O)c1cnc2cccc(-c3cc(F)c(CN4CCS(=O)(=O)CC4)c(F)c3)c2n1. The molecule has 1 aliphatic rings. The molecule has 2 aromatic carbocycles. The molecule has 3 aromatic rings. The summed E-state index contributed by atoms with van der Waals surface area (Å²) in [5, 5.41) is 10.3. The van der Waals surface area contributed by atoms with Crippen molar-refractivity contribution < 1.29 is 22.3 Å². The zero-order chi connectivity index (χ0) is 22.4. The quantitative estimate of drug-likeness (QED) is 0.662. The summed E-state index contributed by atoms with van der Waals surface area (Å²) in [5.74, 6) is -1.42. The Morgan fingerprint density at radius 1 is 1.13 bits per heavy atom. The van der Waals surface area contributed by atoms with E-state index in [0.29, 0.717) is 27.9 Å². The zero-order valence-electron chi connectivity index (χ0n) is 17.3. The van der Waals surface area contributed by atoms with Crippen molar-refractivity contribution in [3.63, 3.8) is 0 Å². The Hall–Kier alpha value is -2.49. The van der Waals surface area contributed by atoms with E-state index in [4.69, 9.17) is 0 Å². The number of nitrogens with zero attached hydrogens (tertiary/aromatic N) is 3. The minimum Gasteiger partial charge on any atom is -0.384 e. The fraction of sp³-hybridized carbons (Fsp3) is 0.364. The standard InChI is InChI=1S/C22H23F2N3O3S/c1-22(2,28)20-12-25-19-5-3-4-15(21(19)26-20)14-10-17(23)16(18(24)11-14)13-27-6-8-31(29,30)9-7-27/h3-5,10-12,28H,6-9,13H2,1-2H3. The van der Waals surface area contributed by atoms with Crippen LogP contribution in [0.2, 0.25) is 0 Å². The normalized spacial score (nSPS) is 17.2. The lowest BCUT2D eigenvalue weighted by Gasteiger charge is -2.26. The number of rotatable bonds is 4. The molecule has 2 heterocycles. The van der Waals surface area contributed by atoms with Crippen molar-refractivity contribution in [3.8, 4) is 11.1 Å². The van der Waals surface area contributed by atoms with Gasteiger partial charge in [0.15, 0.2) is 9.84 Å².